The van der Waals surface area contributed by atoms with Gasteiger partial charge in [0, 0.05) is 35.9 Å². The molecule has 34 heavy (non-hydrogen) atoms. The average molecular weight is 506 g/mol. The first kappa shape index (κ1) is 24.1. The summed E-state index contributed by atoms with van der Waals surface area (Å²) in [6.07, 6.45) is 2.66. The number of hydrogen-bond acceptors (Lipinski definition) is 6. The van der Waals surface area contributed by atoms with Crippen LogP contribution in [0.1, 0.15) is 24.4 Å². The van der Waals surface area contributed by atoms with Gasteiger partial charge < -0.3 is 9.47 Å². The normalized spacial score (nSPS) is 16.9. The van der Waals surface area contributed by atoms with Crippen LogP contribution in [0, 0.1) is 6.92 Å². The van der Waals surface area contributed by atoms with Crippen molar-refractivity contribution < 1.29 is 17.9 Å². The number of hydrogen-bond donors (Lipinski definition) is 1. The minimum absolute atomic E-state index is 0.0379. The van der Waals surface area contributed by atoms with E-state index in [9.17, 15) is 18.0 Å². The number of aryl methyl sites for hydroxylation is 1. The molecule has 0 saturated carbocycles. The molecular formula is C23H24ClN3O6S. The number of aromatic nitrogens is 2. The second kappa shape index (κ2) is 9.65. The van der Waals surface area contributed by atoms with Gasteiger partial charge in [0.2, 0.25) is 10.0 Å². The third-order valence-corrected chi connectivity index (χ3v) is 7.79. The van der Waals surface area contributed by atoms with Crippen LogP contribution in [0.2, 0.25) is 5.02 Å². The maximum atomic E-state index is 13.5. The summed E-state index contributed by atoms with van der Waals surface area (Å²) in [5.74, 6) is 1.03. The average Bonchev–Trinajstić information content (AvgIpc) is 2.81. The first-order valence-electron chi connectivity index (χ1n) is 10.6. The van der Waals surface area contributed by atoms with E-state index in [1.807, 2.05) is 0 Å². The molecule has 1 aromatic heterocycles. The topological polar surface area (TPSA) is 111 Å². The molecule has 1 aliphatic rings. The molecule has 0 unspecified atom stereocenters. The Hall–Kier alpha value is -3.08. The van der Waals surface area contributed by atoms with Crippen LogP contribution in [0.25, 0.3) is 0 Å². The molecule has 3 aromatic rings. The quantitative estimate of drug-likeness (QED) is 0.550. The Balaban J connectivity index is 1.64. The smallest absolute Gasteiger partial charge is 0.328 e. The second-order valence-corrected chi connectivity index (χ2v) is 10.4. The molecule has 0 radical (unpaired) electrons. The van der Waals surface area contributed by atoms with Crippen molar-refractivity contribution in [3.05, 3.63) is 80.1 Å². The molecule has 0 bridgehead atoms. The van der Waals surface area contributed by atoms with Crippen LogP contribution in [0.5, 0.6) is 17.2 Å². The van der Waals surface area contributed by atoms with Crippen molar-refractivity contribution >= 4 is 21.6 Å². The molecule has 1 fully saturated rings. The van der Waals surface area contributed by atoms with E-state index in [0.29, 0.717) is 41.5 Å². The van der Waals surface area contributed by atoms with Crippen molar-refractivity contribution in [3.8, 4) is 17.2 Å². The van der Waals surface area contributed by atoms with Crippen LogP contribution in [0.4, 0.5) is 0 Å². The zero-order valence-corrected chi connectivity index (χ0v) is 20.2. The van der Waals surface area contributed by atoms with Crippen molar-refractivity contribution in [1.82, 2.24) is 13.9 Å². The predicted octanol–water partition coefficient (Wildman–Crippen LogP) is 3.33. The van der Waals surface area contributed by atoms with Crippen molar-refractivity contribution in [2.45, 2.75) is 30.7 Å². The highest BCUT2D eigenvalue weighted by Crippen LogP contribution is 2.36. The zero-order chi connectivity index (χ0) is 24.5. The molecular weight excluding hydrogens is 482 g/mol. The van der Waals surface area contributed by atoms with Crippen LogP contribution < -0.4 is 20.7 Å². The van der Waals surface area contributed by atoms with Gasteiger partial charge in [-0.3, -0.25) is 14.3 Å². The lowest BCUT2D eigenvalue weighted by Crippen LogP contribution is -2.44. The highest BCUT2D eigenvalue weighted by molar-refractivity contribution is 7.89. The van der Waals surface area contributed by atoms with Crippen molar-refractivity contribution in [3.63, 3.8) is 0 Å². The fraction of sp³-hybridized carbons (Fsp3) is 0.304. The molecule has 0 spiro atoms. The summed E-state index contributed by atoms with van der Waals surface area (Å²) in [5.41, 5.74) is -0.619. The number of piperidine rings is 1. The van der Waals surface area contributed by atoms with Crippen molar-refractivity contribution in [2.24, 2.45) is 0 Å². The van der Waals surface area contributed by atoms with Gasteiger partial charge in [0.15, 0.2) is 11.5 Å². The largest absolute Gasteiger partial charge is 0.493 e. The molecule has 0 aliphatic carbocycles. The van der Waals surface area contributed by atoms with Gasteiger partial charge in [-0.05, 0) is 50.1 Å². The summed E-state index contributed by atoms with van der Waals surface area (Å²) in [7, 11) is -2.43. The number of ether oxygens (including phenoxy) is 2. The van der Waals surface area contributed by atoms with Gasteiger partial charge in [-0.1, -0.05) is 17.7 Å². The number of aromatic amines is 1. The molecule has 0 amide bonds. The SMILES string of the molecule is COc1ccc(S(=O)(=O)N2CCC[C@H](n3cc(C)c(=O)[nH]c3=O)C2)cc1Oc1cccc(Cl)c1. The van der Waals surface area contributed by atoms with E-state index in [1.54, 1.807) is 31.2 Å². The molecule has 1 atom stereocenters. The highest BCUT2D eigenvalue weighted by Gasteiger charge is 2.32. The number of nitrogens with one attached hydrogen (secondary N) is 1. The van der Waals surface area contributed by atoms with Gasteiger partial charge in [-0.15, -0.1) is 0 Å². The van der Waals surface area contributed by atoms with Gasteiger partial charge in [-0.2, -0.15) is 4.31 Å². The molecule has 2 aromatic carbocycles. The summed E-state index contributed by atoms with van der Waals surface area (Å²) < 4.78 is 40.9. The molecule has 180 valence electrons. The highest BCUT2D eigenvalue weighted by atomic mass is 35.5. The van der Waals surface area contributed by atoms with Crippen LogP contribution in [-0.2, 0) is 10.0 Å². The molecule has 2 heterocycles. The van der Waals surface area contributed by atoms with E-state index in [-0.39, 0.29) is 17.2 Å². The first-order chi connectivity index (χ1) is 16.2. The predicted molar refractivity (Wildman–Crippen MR) is 128 cm³/mol. The second-order valence-electron chi connectivity index (χ2n) is 8.01. The van der Waals surface area contributed by atoms with Crippen LogP contribution in [0.3, 0.4) is 0 Å². The fourth-order valence-corrected chi connectivity index (χ4v) is 5.64. The molecule has 1 N–H and O–H groups in total. The summed E-state index contributed by atoms with van der Waals surface area (Å²) >= 11 is 6.03. The van der Waals surface area contributed by atoms with Crippen molar-refractivity contribution in [1.29, 1.82) is 0 Å². The molecule has 4 rings (SSSR count). The Kier molecular flexibility index (Phi) is 6.83. The minimum Gasteiger partial charge on any atom is -0.493 e. The number of sulfonamides is 1. The summed E-state index contributed by atoms with van der Waals surface area (Å²) in [6.45, 7) is 2.02. The number of benzene rings is 2. The summed E-state index contributed by atoms with van der Waals surface area (Å²) in [4.78, 5) is 26.4. The third kappa shape index (κ3) is 4.89. The number of H-pyrrole nitrogens is 1. The molecule has 11 heteroatoms. The van der Waals surface area contributed by atoms with Crippen LogP contribution in [0.15, 0.2) is 63.1 Å². The number of halogens is 1. The standard InChI is InChI=1S/C23H24ClN3O6S/c1-15-13-27(23(29)25-22(15)28)17-6-4-10-26(14-17)34(30,31)19-8-9-20(32-2)21(12-19)33-18-7-3-5-16(24)11-18/h3,5,7-9,11-13,17H,4,6,10,14H2,1-2H3,(H,25,28,29)/t17-/m0/s1. The van der Waals surface area contributed by atoms with E-state index in [0.717, 1.165) is 0 Å². The Morgan fingerprint density at radius 2 is 1.91 bits per heavy atom. The molecule has 1 aliphatic heterocycles. The van der Waals surface area contributed by atoms with Gasteiger partial charge >= 0.3 is 5.69 Å². The maximum absolute atomic E-state index is 13.5. The third-order valence-electron chi connectivity index (χ3n) is 5.70. The van der Waals surface area contributed by atoms with E-state index in [4.69, 9.17) is 21.1 Å². The Bertz CT molecular complexity index is 1430. The maximum Gasteiger partial charge on any atom is 0.328 e. The van der Waals surface area contributed by atoms with Crippen LogP contribution >= 0.6 is 11.6 Å². The van der Waals surface area contributed by atoms with Gasteiger partial charge in [0.1, 0.15) is 5.75 Å². The van der Waals surface area contributed by atoms with Crippen LogP contribution in [-0.4, -0.2) is 42.5 Å². The lowest BCUT2D eigenvalue weighted by Gasteiger charge is -2.33. The van der Waals surface area contributed by atoms with E-state index >= 15 is 0 Å². The number of rotatable bonds is 6. The minimum atomic E-state index is -3.90. The summed E-state index contributed by atoms with van der Waals surface area (Å²) in [6, 6.07) is 10.7. The van der Waals surface area contributed by atoms with Crippen molar-refractivity contribution in [2.75, 3.05) is 20.2 Å². The molecule has 9 nitrogen and oxygen atoms in total. The Morgan fingerprint density at radius 1 is 1.12 bits per heavy atom. The van der Waals surface area contributed by atoms with Gasteiger partial charge in [0.05, 0.1) is 18.0 Å². The van der Waals surface area contributed by atoms with Gasteiger partial charge in [0.25, 0.3) is 5.56 Å². The number of nitrogens with zero attached hydrogens (tertiary/aromatic N) is 2. The van der Waals surface area contributed by atoms with E-state index in [1.165, 1.54) is 40.4 Å². The molecule has 1 saturated heterocycles. The lowest BCUT2D eigenvalue weighted by molar-refractivity contribution is 0.260. The van der Waals surface area contributed by atoms with Gasteiger partial charge in [-0.25, -0.2) is 13.2 Å². The van der Waals surface area contributed by atoms with E-state index in [2.05, 4.69) is 4.98 Å². The number of methoxy groups -OCH3 is 1. The van der Waals surface area contributed by atoms with E-state index < -0.39 is 27.3 Å². The summed E-state index contributed by atoms with van der Waals surface area (Å²) in [5, 5.41) is 0.479. The lowest BCUT2D eigenvalue weighted by atomic mass is 10.1. The zero-order valence-electron chi connectivity index (χ0n) is 18.7. The Morgan fingerprint density at radius 3 is 2.65 bits per heavy atom. The first-order valence-corrected chi connectivity index (χ1v) is 12.4. The fourth-order valence-electron chi connectivity index (χ4n) is 3.93. The monoisotopic (exact) mass is 505 g/mol. The Labute approximate surface area is 201 Å².